The molecule has 0 spiro atoms. The number of nitrogens with two attached hydrogens (primary N) is 1. The molecule has 116 valence electrons. The third-order valence-corrected chi connectivity index (χ3v) is 3.61. The maximum absolute atomic E-state index is 11.4. The smallest absolute Gasteiger partial charge is 0.271 e. The van der Waals surface area contributed by atoms with Crippen LogP contribution in [0.15, 0.2) is 18.2 Å². The Morgan fingerprint density at radius 3 is 2.86 bits per heavy atom. The van der Waals surface area contributed by atoms with Crippen LogP contribution in [0.3, 0.4) is 0 Å². The van der Waals surface area contributed by atoms with E-state index >= 15 is 0 Å². The van der Waals surface area contributed by atoms with Gasteiger partial charge in [0.1, 0.15) is 11.4 Å². The van der Waals surface area contributed by atoms with Gasteiger partial charge in [-0.3, -0.25) is 9.69 Å². The Hall–Kier alpha value is -2.45. The van der Waals surface area contributed by atoms with Gasteiger partial charge in [0.2, 0.25) is 0 Å². The maximum Gasteiger partial charge on any atom is 0.271 e. The Bertz CT molecular complexity index is 679. The number of amides is 1. The molecule has 0 saturated carbocycles. The minimum Gasteiger partial charge on any atom is -0.507 e. The van der Waals surface area contributed by atoms with Gasteiger partial charge in [-0.25, -0.2) is 0 Å². The molecule has 0 aliphatic carbocycles. The molecule has 1 aliphatic rings. The highest BCUT2D eigenvalue weighted by atomic mass is 16.5. The number of phenols is 1. The maximum atomic E-state index is 11.4. The molecule has 0 bridgehead atoms. The first-order chi connectivity index (χ1) is 10.6. The highest BCUT2D eigenvalue weighted by Crippen LogP contribution is 2.30. The second-order valence-corrected chi connectivity index (χ2v) is 5.13. The van der Waals surface area contributed by atoms with Gasteiger partial charge in [-0.15, -0.1) is 0 Å². The summed E-state index contributed by atoms with van der Waals surface area (Å²) >= 11 is 0. The van der Waals surface area contributed by atoms with Gasteiger partial charge in [0, 0.05) is 25.2 Å². The number of rotatable bonds is 4. The first-order valence-electron chi connectivity index (χ1n) is 6.98. The van der Waals surface area contributed by atoms with E-state index in [0.717, 1.165) is 38.4 Å². The molecular formula is C14H17N5O3. The Morgan fingerprint density at radius 1 is 1.36 bits per heavy atom. The lowest BCUT2D eigenvalue weighted by atomic mass is 10.0. The summed E-state index contributed by atoms with van der Waals surface area (Å²) in [7, 11) is 0. The highest BCUT2D eigenvalue weighted by molar-refractivity contribution is 5.97. The van der Waals surface area contributed by atoms with E-state index in [1.54, 1.807) is 12.1 Å². The number of nitrogens with zero attached hydrogens (tertiary/aromatic N) is 3. The molecular weight excluding hydrogens is 286 g/mol. The van der Waals surface area contributed by atoms with E-state index in [2.05, 4.69) is 20.3 Å². The van der Waals surface area contributed by atoms with E-state index in [0.29, 0.717) is 5.56 Å². The van der Waals surface area contributed by atoms with Gasteiger partial charge in [0.05, 0.1) is 13.2 Å². The zero-order valence-electron chi connectivity index (χ0n) is 12.0. The number of primary amides is 1. The number of hydrogen-bond donors (Lipinski definition) is 3. The predicted molar refractivity (Wildman–Crippen MR) is 78.1 cm³/mol. The van der Waals surface area contributed by atoms with Crippen molar-refractivity contribution in [3.05, 3.63) is 29.5 Å². The second kappa shape index (κ2) is 6.12. The lowest BCUT2D eigenvalue weighted by Crippen LogP contribution is -2.35. The molecule has 0 atom stereocenters. The van der Waals surface area contributed by atoms with Gasteiger partial charge in [0.25, 0.3) is 5.91 Å². The minimum atomic E-state index is -0.693. The van der Waals surface area contributed by atoms with Gasteiger partial charge in [-0.2, -0.15) is 15.4 Å². The molecule has 8 heteroatoms. The SMILES string of the molecule is NC(=O)c1n[nH]nc1-c1cc(CN2CCOCC2)ccc1O. The average molecular weight is 303 g/mol. The first-order valence-corrected chi connectivity index (χ1v) is 6.98. The molecule has 2 heterocycles. The number of nitrogens with one attached hydrogen (secondary N) is 1. The van der Waals surface area contributed by atoms with E-state index in [9.17, 15) is 9.90 Å². The summed E-state index contributed by atoms with van der Waals surface area (Å²) in [6.07, 6.45) is 0. The van der Waals surface area contributed by atoms with E-state index in [-0.39, 0.29) is 17.1 Å². The number of phenolic OH excluding ortho intramolecular Hbond substituents is 1. The fraction of sp³-hybridized carbons (Fsp3) is 0.357. The second-order valence-electron chi connectivity index (χ2n) is 5.13. The zero-order chi connectivity index (χ0) is 15.5. The van der Waals surface area contributed by atoms with Crippen LogP contribution in [0.4, 0.5) is 0 Å². The Kier molecular flexibility index (Phi) is 4.03. The van der Waals surface area contributed by atoms with Crippen LogP contribution in [0, 0.1) is 0 Å². The number of morpholine rings is 1. The molecule has 0 radical (unpaired) electrons. The molecule has 2 aromatic rings. The number of H-pyrrole nitrogens is 1. The van der Waals surface area contributed by atoms with Crippen LogP contribution in [-0.4, -0.2) is 57.6 Å². The number of ether oxygens (including phenoxy) is 1. The summed E-state index contributed by atoms with van der Waals surface area (Å²) in [5, 5.41) is 20.1. The van der Waals surface area contributed by atoms with Crippen molar-refractivity contribution in [2.75, 3.05) is 26.3 Å². The Balaban J connectivity index is 1.89. The summed E-state index contributed by atoms with van der Waals surface area (Å²) in [6, 6.07) is 5.23. The molecule has 22 heavy (non-hydrogen) atoms. The van der Waals surface area contributed by atoms with Crippen LogP contribution >= 0.6 is 0 Å². The third kappa shape index (κ3) is 2.92. The van der Waals surface area contributed by atoms with Gasteiger partial charge in [-0.05, 0) is 17.7 Å². The molecule has 1 amide bonds. The van der Waals surface area contributed by atoms with Crippen LogP contribution in [0.5, 0.6) is 5.75 Å². The molecule has 1 fully saturated rings. The number of aromatic amines is 1. The molecule has 1 aromatic heterocycles. The average Bonchev–Trinajstić information content (AvgIpc) is 3.00. The standard InChI is InChI=1S/C14H17N5O3/c15-14(21)13-12(16-18-17-13)10-7-9(1-2-11(10)20)8-19-3-5-22-6-4-19/h1-2,7,20H,3-6,8H2,(H2,15,21)(H,16,17,18). The van der Waals surface area contributed by atoms with Gasteiger partial charge >= 0.3 is 0 Å². The fourth-order valence-corrected chi connectivity index (χ4v) is 2.48. The molecule has 1 aliphatic heterocycles. The zero-order valence-corrected chi connectivity index (χ0v) is 12.0. The van der Waals surface area contributed by atoms with Crippen molar-refractivity contribution in [2.24, 2.45) is 5.73 Å². The summed E-state index contributed by atoms with van der Waals surface area (Å²) in [5.41, 5.74) is 6.99. The van der Waals surface area contributed by atoms with Crippen LogP contribution < -0.4 is 5.73 Å². The monoisotopic (exact) mass is 303 g/mol. The van der Waals surface area contributed by atoms with Crippen molar-refractivity contribution >= 4 is 5.91 Å². The quantitative estimate of drug-likeness (QED) is 0.738. The number of hydrogen-bond acceptors (Lipinski definition) is 6. The third-order valence-electron chi connectivity index (χ3n) is 3.61. The van der Waals surface area contributed by atoms with Crippen molar-refractivity contribution < 1.29 is 14.6 Å². The van der Waals surface area contributed by atoms with Crippen molar-refractivity contribution in [2.45, 2.75) is 6.54 Å². The highest BCUT2D eigenvalue weighted by Gasteiger charge is 2.19. The van der Waals surface area contributed by atoms with Crippen molar-refractivity contribution in [3.63, 3.8) is 0 Å². The normalized spacial score (nSPS) is 15.8. The van der Waals surface area contributed by atoms with Crippen LogP contribution in [0.1, 0.15) is 16.1 Å². The number of aromatic hydroxyl groups is 1. The van der Waals surface area contributed by atoms with Gasteiger partial charge in [-0.1, -0.05) is 6.07 Å². The summed E-state index contributed by atoms with van der Waals surface area (Å²) in [4.78, 5) is 13.6. The van der Waals surface area contributed by atoms with E-state index in [1.807, 2.05) is 6.07 Å². The fourth-order valence-electron chi connectivity index (χ4n) is 2.48. The molecule has 0 unspecified atom stereocenters. The van der Waals surface area contributed by atoms with Gasteiger partial charge in [0.15, 0.2) is 5.69 Å². The number of carbonyl (C=O) groups excluding carboxylic acids is 1. The lowest BCUT2D eigenvalue weighted by molar-refractivity contribution is 0.0342. The predicted octanol–water partition coefficient (Wildman–Crippen LogP) is 0.108. The Labute approximate surface area is 126 Å². The molecule has 4 N–H and O–H groups in total. The number of aromatic nitrogens is 3. The summed E-state index contributed by atoms with van der Waals surface area (Å²) in [6.45, 7) is 3.92. The largest absolute Gasteiger partial charge is 0.507 e. The number of carbonyl (C=O) groups is 1. The van der Waals surface area contributed by atoms with Crippen molar-refractivity contribution in [1.82, 2.24) is 20.3 Å². The van der Waals surface area contributed by atoms with Crippen molar-refractivity contribution in [3.8, 4) is 17.0 Å². The molecule has 1 saturated heterocycles. The van der Waals surface area contributed by atoms with E-state index in [1.165, 1.54) is 0 Å². The topological polar surface area (TPSA) is 117 Å². The summed E-state index contributed by atoms with van der Waals surface area (Å²) in [5.74, 6) is -0.663. The van der Waals surface area contributed by atoms with Crippen molar-refractivity contribution in [1.29, 1.82) is 0 Å². The lowest BCUT2D eigenvalue weighted by Gasteiger charge is -2.26. The van der Waals surface area contributed by atoms with Crippen LogP contribution in [0.25, 0.3) is 11.3 Å². The molecule has 3 rings (SSSR count). The first kappa shape index (κ1) is 14.5. The minimum absolute atomic E-state index is 0.0128. The van der Waals surface area contributed by atoms with Gasteiger partial charge < -0.3 is 15.6 Å². The number of benzene rings is 1. The summed E-state index contributed by atoms with van der Waals surface area (Å²) < 4.78 is 5.33. The molecule has 1 aromatic carbocycles. The Morgan fingerprint density at radius 2 is 2.14 bits per heavy atom. The molecule has 8 nitrogen and oxygen atoms in total. The van der Waals surface area contributed by atoms with E-state index < -0.39 is 5.91 Å². The van der Waals surface area contributed by atoms with E-state index in [4.69, 9.17) is 10.5 Å². The van der Waals surface area contributed by atoms with Crippen LogP contribution in [-0.2, 0) is 11.3 Å². The van der Waals surface area contributed by atoms with Crippen LogP contribution in [0.2, 0.25) is 0 Å².